The molecule has 27 heavy (non-hydrogen) atoms. The van der Waals surface area contributed by atoms with Gasteiger partial charge in [-0.1, -0.05) is 18.2 Å². The Hall–Kier alpha value is -3.02. The molecule has 6 heteroatoms. The number of rotatable bonds is 3. The molecular weight excluding hydrogens is 347 g/mol. The van der Waals surface area contributed by atoms with E-state index >= 15 is 0 Å². The van der Waals surface area contributed by atoms with Crippen molar-refractivity contribution in [3.63, 3.8) is 0 Å². The Bertz CT molecular complexity index is 990. The summed E-state index contributed by atoms with van der Waals surface area (Å²) < 4.78 is 24.8. The van der Waals surface area contributed by atoms with Crippen molar-refractivity contribution >= 4 is 22.6 Å². The highest BCUT2D eigenvalue weighted by Gasteiger charge is 2.27. The number of para-hydroxylation sites is 1. The summed E-state index contributed by atoms with van der Waals surface area (Å²) >= 11 is 0. The average molecular weight is 368 g/mol. The number of aryl methyl sites for hydroxylation is 1. The maximum absolute atomic E-state index is 14.0. The SMILES string of the molecule is COc1cccc(N2CCN(C(=O)c3oc4c(F)cccc4c3C)CC2)c1. The summed E-state index contributed by atoms with van der Waals surface area (Å²) in [5, 5.41) is 0.647. The topological polar surface area (TPSA) is 45.9 Å². The van der Waals surface area contributed by atoms with Gasteiger partial charge in [-0.15, -0.1) is 0 Å². The van der Waals surface area contributed by atoms with Crippen molar-refractivity contribution in [2.24, 2.45) is 0 Å². The number of fused-ring (bicyclic) bond motifs is 1. The molecule has 140 valence electrons. The Morgan fingerprint density at radius 2 is 1.85 bits per heavy atom. The molecule has 0 saturated carbocycles. The molecule has 5 nitrogen and oxygen atoms in total. The summed E-state index contributed by atoms with van der Waals surface area (Å²) in [5.41, 5.74) is 1.90. The Kier molecular flexibility index (Phi) is 4.48. The molecule has 1 fully saturated rings. The molecule has 0 atom stereocenters. The number of halogens is 1. The fourth-order valence-electron chi connectivity index (χ4n) is 3.53. The number of ether oxygens (including phenoxy) is 1. The van der Waals surface area contributed by atoms with Gasteiger partial charge in [0.2, 0.25) is 0 Å². The van der Waals surface area contributed by atoms with Gasteiger partial charge < -0.3 is 19.0 Å². The number of anilines is 1. The normalized spacial score (nSPS) is 14.6. The third kappa shape index (κ3) is 3.12. The summed E-state index contributed by atoms with van der Waals surface area (Å²) in [6.07, 6.45) is 0. The minimum Gasteiger partial charge on any atom is -0.497 e. The van der Waals surface area contributed by atoms with E-state index in [0.29, 0.717) is 37.1 Å². The number of carbonyl (C=O) groups excluding carboxylic acids is 1. The summed E-state index contributed by atoms with van der Waals surface area (Å²) in [7, 11) is 1.65. The molecule has 0 bridgehead atoms. The predicted molar refractivity (Wildman–Crippen MR) is 102 cm³/mol. The second kappa shape index (κ2) is 6.95. The maximum atomic E-state index is 14.0. The largest absolute Gasteiger partial charge is 0.497 e. The van der Waals surface area contributed by atoms with Crippen LogP contribution >= 0.6 is 0 Å². The van der Waals surface area contributed by atoms with Crippen LogP contribution < -0.4 is 9.64 Å². The van der Waals surface area contributed by atoms with Crippen molar-refractivity contribution in [2.75, 3.05) is 38.2 Å². The third-order valence-corrected chi connectivity index (χ3v) is 5.10. The van der Waals surface area contributed by atoms with E-state index in [1.54, 1.807) is 31.1 Å². The van der Waals surface area contributed by atoms with E-state index in [1.165, 1.54) is 6.07 Å². The first-order valence-electron chi connectivity index (χ1n) is 8.94. The van der Waals surface area contributed by atoms with Gasteiger partial charge in [-0.05, 0) is 25.1 Å². The number of methoxy groups -OCH3 is 1. The van der Waals surface area contributed by atoms with Crippen LogP contribution in [0.25, 0.3) is 11.0 Å². The van der Waals surface area contributed by atoms with E-state index in [2.05, 4.69) is 4.90 Å². The molecule has 2 heterocycles. The lowest BCUT2D eigenvalue weighted by atomic mass is 10.1. The summed E-state index contributed by atoms with van der Waals surface area (Å²) in [6.45, 7) is 4.38. The number of hydrogen-bond acceptors (Lipinski definition) is 4. The van der Waals surface area contributed by atoms with Crippen LogP contribution in [0.2, 0.25) is 0 Å². The monoisotopic (exact) mass is 368 g/mol. The molecule has 0 spiro atoms. The molecule has 0 aliphatic carbocycles. The molecule has 0 radical (unpaired) electrons. The van der Waals surface area contributed by atoms with Gasteiger partial charge in [0.1, 0.15) is 5.75 Å². The maximum Gasteiger partial charge on any atom is 0.290 e. The van der Waals surface area contributed by atoms with E-state index in [-0.39, 0.29) is 17.3 Å². The zero-order valence-corrected chi connectivity index (χ0v) is 15.4. The number of benzene rings is 2. The highest BCUT2D eigenvalue weighted by atomic mass is 19.1. The standard InChI is InChI=1S/C21H21FN2O3/c1-14-17-7-4-8-18(22)20(17)27-19(14)21(25)24-11-9-23(10-12-24)15-5-3-6-16(13-15)26-2/h3-8,13H,9-12H2,1-2H3. The second-order valence-corrected chi connectivity index (χ2v) is 6.65. The molecule has 1 aromatic heterocycles. The lowest BCUT2D eigenvalue weighted by molar-refractivity contribution is 0.0716. The molecule has 0 unspecified atom stereocenters. The first-order valence-corrected chi connectivity index (χ1v) is 8.94. The number of amides is 1. The Morgan fingerprint density at radius 1 is 1.11 bits per heavy atom. The fourth-order valence-corrected chi connectivity index (χ4v) is 3.53. The van der Waals surface area contributed by atoms with Crippen molar-refractivity contribution in [1.82, 2.24) is 4.90 Å². The van der Waals surface area contributed by atoms with Crippen LogP contribution in [0.15, 0.2) is 46.9 Å². The van der Waals surface area contributed by atoms with E-state index < -0.39 is 5.82 Å². The highest BCUT2D eigenvalue weighted by molar-refractivity contribution is 5.99. The molecule has 3 aromatic rings. The van der Waals surface area contributed by atoms with Gasteiger partial charge in [0.25, 0.3) is 5.91 Å². The zero-order valence-electron chi connectivity index (χ0n) is 15.4. The predicted octanol–water partition coefficient (Wildman–Crippen LogP) is 3.85. The molecule has 0 N–H and O–H groups in total. The van der Waals surface area contributed by atoms with Gasteiger partial charge in [0, 0.05) is 48.9 Å². The number of piperazine rings is 1. The van der Waals surface area contributed by atoms with E-state index in [4.69, 9.17) is 9.15 Å². The van der Waals surface area contributed by atoms with Crippen LogP contribution in [0.4, 0.5) is 10.1 Å². The molecule has 1 saturated heterocycles. The minimum atomic E-state index is -0.447. The smallest absolute Gasteiger partial charge is 0.290 e. The second-order valence-electron chi connectivity index (χ2n) is 6.65. The lowest BCUT2D eigenvalue weighted by Crippen LogP contribution is -2.48. The third-order valence-electron chi connectivity index (χ3n) is 5.10. The molecular formula is C21H21FN2O3. The van der Waals surface area contributed by atoms with Crippen LogP contribution in [-0.4, -0.2) is 44.1 Å². The van der Waals surface area contributed by atoms with Gasteiger partial charge in [0.15, 0.2) is 17.2 Å². The number of furan rings is 1. The van der Waals surface area contributed by atoms with Gasteiger partial charge in [-0.2, -0.15) is 0 Å². The quantitative estimate of drug-likeness (QED) is 0.704. The van der Waals surface area contributed by atoms with Crippen LogP contribution in [0, 0.1) is 12.7 Å². The van der Waals surface area contributed by atoms with Crippen molar-refractivity contribution in [2.45, 2.75) is 6.92 Å². The Labute approximate surface area is 156 Å². The molecule has 2 aromatic carbocycles. The van der Waals surface area contributed by atoms with Gasteiger partial charge in [-0.3, -0.25) is 4.79 Å². The summed E-state index contributed by atoms with van der Waals surface area (Å²) in [4.78, 5) is 16.9. The summed E-state index contributed by atoms with van der Waals surface area (Å²) in [5.74, 6) is 0.404. The van der Waals surface area contributed by atoms with Crippen LogP contribution in [0.3, 0.4) is 0 Å². The highest BCUT2D eigenvalue weighted by Crippen LogP contribution is 2.29. The average Bonchev–Trinajstić information content (AvgIpc) is 3.06. The van der Waals surface area contributed by atoms with Crippen molar-refractivity contribution in [1.29, 1.82) is 0 Å². The zero-order chi connectivity index (χ0) is 19.0. The molecule has 1 aliphatic heterocycles. The van der Waals surface area contributed by atoms with Gasteiger partial charge in [-0.25, -0.2) is 4.39 Å². The summed E-state index contributed by atoms with van der Waals surface area (Å²) in [6, 6.07) is 12.6. The van der Waals surface area contributed by atoms with Crippen LogP contribution in [-0.2, 0) is 0 Å². The first-order chi connectivity index (χ1) is 13.1. The molecule has 1 aliphatic rings. The Balaban J connectivity index is 1.50. The van der Waals surface area contributed by atoms with Gasteiger partial charge >= 0.3 is 0 Å². The molecule has 4 rings (SSSR count). The van der Waals surface area contributed by atoms with Crippen molar-refractivity contribution < 1.29 is 18.3 Å². The van der Waals surface area contributed by atoms with E-state index in [0.717, 1.165) is 11.4 Å². The number of nitrogens with zero attached hydrogens (tertiary/aromatic N) is 2. The van der Waals surface area contributed by atoms with Gasteiger partial charge in [0.05, 0.1) is 7.11 Å². The number of hydrogen-bond donors (Lipinski definition) is 0. The molecule has 1 amide bonds. The van der Waals surface area contributed by atoms with E-state index in [9.17, 15) is 9.18 Å². The number of carbonyl (C=O) groups is 1. The van der Waals surface area contributed by atoms with Crippen LogP contribution in [0.1, 0.15) is 16.1 Å². The minimum absolute atomic E-state index is 0.147. The fraction of sp³-hybridized carbons (Fsp3) is 0.286. The lowest BCUT2D eigenvalue weighted by Gasteiger charge is -2.35. The van der Waals surface area contributed by atoms with Crippen LogP contribution in [0.5, 0.6) is 5.75 Å². The Morgan fingerprint density at radius 3 is 2.56 bits per heavy atom. The van der Waals surface area contributed by atoms with Crippen molar-refractivity contribution in [3.05, 3.63) is 59.6 Å². The van der Waals surface area contributed by atoms with E-state index in [1.807, 2.05) is 24.3 Å². The van der Waals surface area contributed by atoms with Crippen molar-refractivity contribution in [3.8, 4) is 5.75 Å². The first kappa shape index (κ1) is 17.4.